The summed E-state index contributed by atoms with van der Waals surface area (Å²) in [5, 5.41) is 3.54. The van der Waals surface area contributed by atoms with Crippen molar-refractivity contribution < 1.29 is 0 Å². The van der Waals surface area contributed by atoms with Gasteiger partial charge in [-0.05, 0) is 32.7 Å². The third-order valence-electron chi connectivity index (χ3n) is 2.58. The number of rotatable bonds is 7. The molecule has 0 aliphatic carbocycles. The predicted molar refractivity (Wildman–Crippen MR) is 68.3 cm³/mol. The van der Waals surface area contributed by atoms with Gasteiger partial charge < -0.3 is 9.88 Å². The van der Waals surface area contributed by atoms with E-state index in [9.17, 15) is 0 Å². The van der Waals surface area contributed by atoms with Gasteiger partial charge in [-0.25, -0.2) is 4.98 Å². The predicted octanol–water partition coefficient (Wildman–Crippen LogP) is 2.82. The zero-order chi connectivity index (χ0) is 12.0. The van der Waals surface area contributed by atoms with Crippen LogP contribution in [0.5, 0.6) is 0 Å². The van der Waals surface area contributed by atoms with Crippen LogP contribution in [0.15, 0.2) is 24.7 Å². The summed E-state index contributed by atoms with van der Waals surface area (Å²) >= 11 is 0. The van der Waals surface area contributed by atoms with Crippen molar-refractivity contribution in [3.63, 3.8) is 0 Å². The molecule has 1 atom stereocenters. The minimum Gasteiger partial charge on any atom is -0.340 e. The van der Waals surface area contributed by atoms with E-state index < -0.39 is 0 Å². The molecular formula is C13H23N3. The van der Waals surface area contributed by atoms with Crippen molar-refractivity contribution >= 4 is 0 Å². The van der Waals surface area contributed by atoms with Gasteiger partial charge in [0.05, 0.1) is 18.1 Å². The Hall–Kier alpha value is -1.09. The van der Waals surface area contributed by atoms with Crippen molar-refractivity contribution in [3.05, 3.63) is 30.4 Å². The molecule has 1 heterocycles. The number of imidazole rings is 1. The molecule has 3 heteroatoms. The fourth-order valence-corrected chi connectivity index (χ4v) is 1.68. The third-order valence-corrected chi connectivity index (χ3v) is 2.58. The number of aryl methyl sites for hydroxylation is 1. The molecule has 0 bridgehead atoms. The summed E-state index contributed by atoms with van der Waals surface area (Å²) in [7, 11) is 2.01. The van der Waals surface area contributed by atoms with E-state index >= 15 is 0 Å². The van der Waals surface area contributed by atoms with E-state index in [1.165, 1.54) is 5.57 Å². The summed E-state index contributed by atoms with van der Waals surface area (Å²) in [6.07, 6.45) is 7.23. The van der Waals surface area contributed by atoms with Crippen LogP contribution in [-0.2, 0) is 7.05 Å². The van der Waals surface area contributed by atoms with E-state index in [1.54, 1.807) is 0 Å². The summed E-state index contributed by atoms with van der Waals surface area (Å²) in [6.45, 7) is 9.25. The maximum absolute atomic E-state index is 4.42. The van der Waals surface area contributed by atoms with Gasteiger partial charge in [-0.1, -0.05) is 12.5 Å². The van der Waals surface area contributed by atoms with Crippen LogP contribution in [0.2, 0.25) is 0 Å². The van der Waals surface area contributed by atoms with Gasteiger partial charge in [0, 0.05) is 13.2 Å². The second-order valence-electron chi connectivity index (χ2n) is 4.47. The minimum atomic E-state index is 0.359. The number of hydrogen-bond acceptors (Lipinski definition) is 2. The van der Waals surface area contributed by atoms with Gasteiger partial charge in [0.25, 0.3) is 0 Å². The van der Waals surface area contributed by atoms with E-state index in [2.05, 4.69) is 36.9 Å². The topological polar surface area (TPSA) is 29.9 Å². The van der Waals surface area contributed by atoms with E-state index in [-0.39, 0.29) is 0 Å². The van der Waals surface area contributed by atoms with Crippen LogP contribution in [0.1, 0.15) is 44.8 Å². The summed E-state index contributed by atoms with van der Waals surface area (Å²) in [4.78, 5) is 4.42. The molecule has 90 valence electrons. The van der Waals surface area contributed by atoms with E-state index in [0.717, 1.165) is 31.5 Å². The lowest BCUT2D eigenvalue weighted by Crippen LogP contribution is -2.22. The van der Waals surface area contributed by atoms with Gasteiger partial charge in [0.15, 0.2) is 0 Å². The molecule has 0 saturated carbocycles. The van der Waals surface area contributed by atoms with Crippen molar-refractivity contribution in [2.45, 2.75) is 39.2 Å². The molecule has 1 aromatic rings. The second kappa shape index (κ2) is 6.48. The molecule has 0 fully saturated rings. The van der Waals surface area contributed by atoms with Crippen molar-refractivity contribution in [3.8, 4) is 0 Å². The van der Waals surface area contributed by atoms with E-state index in [4.69, 9.17) is 0 Å². The lowest BCUT2D eigenvalue weighted by molar-refractivity contribution is 0.489. The molecule has 0 aliphatic rings. The van der Waals surface area contributed by atoms with Crippen LogP contribution >= 0.6 is 0 Å². The molecule has 0 aromatic carbocycles. The molecule has 0 aliphatic heterocycles. The standard InChI is InChI=1S/C13H23N3/c1-5-8-14-12(7-6-11(2)3)13-9-16(4)10-15-13/h9-10,12,14H,2,5-8H2,1,3-4H3. The largest absolute Gasteiger partial charge is 0.340 e. The lowest BCUT2D eigenvalue weighted by atomic mass is 10.1. The molecular weight excluding hydrogens is 198 g/mol. The minimum absolute atomic E-state index is 0.359. The molecule has 0 radical (unpaired) electrons. The van der Waals surface area contributed by atoms with Crippen LogP contribution in [0.4, 0.5) is 0 Å². The Bertz CT molecular complexity index is 328. The fraction of sp³-hybridized carbons (Fsp3) is 0.615. The zero-order valence-corrected chi connectivity index (χ0v) is 10.7. The highest BCUT2D eigenvalue weighted by Crippen LogP contribution is 2.18. The van der Waals surface area contributed by atoms with Crippen LogP contribution in [0.25, 0.3) is 0 Å². The first kappa shape index (κ1) is 13.0. The van der Waals surface area contributed by atoms with Crippen LogP contribution < -0.4 is 5.32 Å². The first-order chi connectivity index (χ1) is 7.63. The van der Waals surface area contributed by atoms with Crippen molar-refractivity contribution in [2.24, 2.45) is 7.05 Å². The highest BCUT2D eigenvalue weighted by Gasteiger charge is 2.12. The zero-order valence-electron chi connectivity index (χ0n) is 10.7. The maximum atomic E-state index is 4.42. The highest BCUT2D eigenvalue weighted by atomic mass is 15.0. The molecule has 1 aromatic heterocycles. The Labute approximate surface area is 98.6 Å². The molecule has 1 N–H and O–H groups in total. The van der Waals surface area contributed by atoms with E-state index in [0.29, 0.717) is 6.04 Å². The first-order valence-corrected chi connectivity index (χ1v) is 5.99. The number of nitrogens with one attached hydrogen (secondary N) is 1. The number of nitrogens with zero attached hydrogens (tertiary/aromatic N) is 2. The molecule has 3 nitrogen and oxygen atoms in total. The first-order valence-electron chi connectivity index (χ1n) is 5.99. The van der Waals surface area contributed by atoms with Crippen molar-refractivity contribution in [2.75, 3.05) is 6.54 Å². The normalized spacial score (nSPS) is 12.7. The average molecular weight is 221 g/mol. The van der Waals surface area contributed by atoms with Gasteiger partial charge in [-0.3, -0.25) is 0 Å². The Morgan fingerprint density at radius 2 is 2.38 bits per heavy atom. The van der Waals surface area contributed by atoms with E-state index in [1.807, 2.05) is 17.9 Å². The highest BCUT2D eigenvalue weighted by molar-refractivity contribution is 5.05. The SMILES string of the molecule is C=C(C)CCC(NCCC)c1cn(C)cn1. The molecule has 0 saturated heterocycles. The Kier molecular flexibility index (Phi) is 5.26. The Morgan fingerprint density at radius 1 is 1.62 bits per heavy atom. The smallest absolute Gasteiger partial charge is 0.0947 e. The second-order valence-corrected chi connectivity index (χ2v) is 4.47. The third kappa shape index (κ3) is 4.19. The maximum Gasteiger partial charge on any atom is 0.0947 e. The van der Waals surface area contributed by atoms with Crippen LogP contribution in [0.3, 0.4) is 0 Å². The number of aromatic nitrogens is 2. The quantitative estimate of drug-likeness (QED) is 0.718. The number of allylic oxidation sites excluding steroid dienone is 1. The molecule has 16 heavy (non-hydrogen) atoms. The van der Waals surface area contributed by atoms with Gasteiger partial charge in [0.2, 0.25) is 0 Å². The average Bonchev–Trinajstić information content (AvgIpc) is 2.64. The summed E-state index contributed by atoms with van der Waals surface area (Å²) < 4.78 is 2.00. The molecule has 1 rings (SSSR count). The fourth-order valence-electron chi connectivity index (χ4n) is 1.68. The van der Waals surface area contributed by atoms with Crippen molar-refractivity contribution in [1.82, 2.24) is 14.9 Å². The Balaban J connectivity index is 2.59. The monoisotopic (exact) mass is 221 g/mol. The summed E-state index contributed by atoms with van der Waals surface area (Å²) in [6, 6.07) is 0.359. The molecule has 0 spiro atoms. The van der Waals surface area contributed by atoms with Gasteiger partial charge in [0.1, 0.15) is 0 Å². The van der Waals surface area contributed by atoms with Crippen molar-refractivity contribution in [1.29, 1.82) is 0 Å². The van der Waals surface area contributed by atoms with Gasteiger partial charge in [-0.2, -0.15) is 0 Å². The number of hydrogen-bond donors (Lipinski definition) is 1. The molecule has 1 unspecified atom stereocenters. The molecule has 0 amide bonds. The summed E-state index contributed by atoms with van der Waals surface area (Å²) in [5.41, 5.74) is 2.37. The van der Waals surface area contributed by atoms with Crippen LogP contribution in [-0.4, -0.2) is 16.1 Å². The lowest BCUT2D eigenvalue weighted by Gasteiger charge is -2.16. The van der Waals surface area contributed by atoms with Gasteiger partial charge >= 0.3 is 0 Å². The van der Waals surface area contributed by atoms with Crippen LogP contribution in [0, 0.1) is 0 Å². The summed E-state index contributed by atoms with van der Waals surface area (Å²) in [5.74, 6) is 0. The van der Waals surface area contributed by atoms with Gasteiger partial charge in [-0.15, -0.1) is 6.58 Å². The Morgan fingerprint density at radius 3 is 2.88 bits per heavy atom.